The minimum absolute atomic E-state index is 0. The highest BCUT2D eigenvalue weighted by Gasteiger charge is 2.43. The average Bonchev–Trinajstić information content (AvgIpc) is 3.02. The first-order chi connectivity index (χ1) is 19.7. The summed E-state index contributed by atoms with van der Waals surface area (Å²) in [7, 11) is 0. The summed E-state index contributed by atoms with van der Waals surface area (Å²) in [6, 6.07) is 30.7. The lowest BCUT2D eigenvalue weighted by atomic mass is 9.73. The van der Waals surface area contributed by atoms with E-state index in [0.717, 1.165) is 31.4 Å². The monoisotopic (exact) mass is 604 g/mol. The number of rotatable bonds is 8. The van der Waals surface area contributed by atoms with Gasteiger partial charge in [-0.15, -0.1) is 30.1 Å². The Kier molecular flexibility index (Phi) is 8.07. The van der Waals surface area contributed by atoms with Crippen LogP contribution >= 0.6 is 17.0 Å². The molecule has 0 radical (unpaired) electrons. The molecular weight excluding hydrogens is 568 g/mol. The van der Waals surface area contributed by atoms with Crippen LogP contribution in [0.15, 0.2) is 116 Å². The summed E-state index contributed by atoms with van der Waals surface area (Å²) in [5.74, 6) is 1.23. The van der Waals surface area contributed by atoms with E-state index < -0.39 is 0 Å². The topological polar surface area (TPSA) is 25.4 Å². The molecule has 3 fully saturated rings. The second-order valence-electron chi connectivity index (χ2n) is 11.5. The van der Waals surface area contributed by atoms with Crippen molar-refractivity contribution in [2.75, 3.05) is 13.1 Å². The van der Waals surface area contributed by atoms with Crippen molar-refractivity contribution < 1.29 is 4.74 Å². The van der Waals surface area contributed by atoms with Crippen LogP contribution in [0.3, 0.4) is 0 Å². The molecule has 208 valence electrons. The summed E-state index contributed by atoms with van der Waals surface area (Å²) in [6.07, 6.45) is 9.05. The van der Waals surface area contributed by atoms with Gasteiger partial charge in [0.25, 0.3) is 0 Å². The quantitative estimate of drug-likeness (QED) is 0.131. The standard InChI is InChI=1S/C37H36N2O.BrH/c1-3-25-24-39-20-18-26(25)22-36(39)37(33-17-19-38-35-16-10-9-15-32(33)35)40-29(4-2)23-34-30-13-7-5-11-27(30)21-28-12-6-8-14-31(28)34;/h3-17,19,21,25-26,29,36-37H,1-2,18,20,22-24H2;1H/t25?,26?,29?,36-,37+;/m0./s1. The lowest BCUT2D eigenvalue weighted by molar-refractivity contribution is -0.0899. The normalized spacial score (nSPS) is 23.2. The summed E-state index contributed by atoms with van der Waals surface area (Å²) in [5, 5.41) is 6.29. The molecule has 0 amide bonds. The zero-order valence-electron chi connectivity index (χ0n) is 23.4. The van der Waals surface area contributed by atoms with Crippen LogP contribution in [-0.4, -0.2) is 35.1 Å². The molecular formula is C37H37BrN2O. The number of hydrogen-bond acceptors (Lipinski definition) is 3. The van der Waals surface area contributed by atoms with Gasteiger partial charge in [0.1, 0.15) is 0 Å². The molecule has 0 N–H and O–H groups in total. The van der Waals surface area contributed by atoms with E-state index in [-0.39, 0.29) is 29.2 Å². The molecule has 4 heterocycles. The molecule has 0 saturated carbocycles. The smallest absolute Gasteiger partial charge is 0.0995 e. The second kappa shape index (κ2) is 11.9. The molecule has 2 bridgehead atoms. The molecule has 0 spiro atoms. The summed E-state index contributed by atoms with van der Waals surface area (Å²) in [5.41, 5.74) is 3.57. The maximum Gasteiger partial charge on any atom is 0.0995 e. The fourth-order valence-corrected chi connectivity index (χ4v) is 7.33. The van der Waals surface area contributed by atoms with E-state index in [0.29, 0.717) is 17.9 Å². The minimum Gasteiger partial charge on any atom is -0.364 e. The SMILES string of the molecule is Br.C=CC(Cc1c2ccccc2cc2ccccc12)O[C@H](c1ccnc2ccccc12)[C@@H]1CC2CCN1CC2C=C. The first kappa shape index (κ1) is 27.8. The van der Waals surface area contributed by atoms with Gasteiger partial charge in [0.05, 0.1) is 17.7 Å². The van der Waals surface area contributed by atoms with Crippen molar-refractivity contribution in [3.63, 3.8) is 0 Å². The minimum atomic E-state index is -0.136. The molecule has 41 heavy (non-hydrogen) atoms. The highest BCUT2D eigenvalue weighted by molar-refractivity contribution is 8.93. The summed E-state index contributed by atoms with van der Waals surface area (Å²) in [4.78, 5) is 7.33. The molecule has 4 heteroatoms. The fraction of sp³-hybridized carbons (Fsp3) is 0.270. The van der Waals surface area contributed by atoms with Crippen LogP contribution in [0.5, 0.6) is 0 Å². The van der Waals surface area contributed by atoms with Crippen molar-refractivity contribution in [3.05, 3.63) is 128 Å². The van der Waals surface area contributed by atoms with Gasteiger partial charge >= 0.3 is 0 Å². The molecule has 1 aromatic heterocycles. The second-order valence-corrected chi connectivity index (χ2v) is 11.5. The van der Waals surface area contributed by atoms with E-state index >= 15 is 0 Å². The van der Waals surface area contributed by atoms with Gasteiger partial charge in [0.2, 0.25) is 0 Å². The lowest BCUT2D eigenvalue weighted by Gasteiger charge is -2.51. The first-order valence-corrected chi connectivity index (χ1v) is 14.6. The van der Waals surface area contributed by atoms with Gasteiger partial charge in [0, 0.05) is 30.6 Å². The number of piperidine rings is 3. The van der Waals surface area contributed by atoms with Gasteiger partial charge < -0.3 is 4.74 Å². The van der Waals surface area contributed by atoms with Gasteiger partial charge in [0.15, 0.2) is 0 Å². The van der Waals surface area contributed by atoms with Gasteiger partial charge in [-0.1, -0.05) is 78.9 Å². The lowest BCUT2D eigenvalue weighted by Crippen LogP contribution is -2.55. The molecule has 3 saturated heterocycles. The molecule has 3 nitrogen and oxygen atoms in total. The molecule has 8 rings (SSSR count). The molecule has 4 aromatic carbocycles. The van der Waals surface area contributed by atoms with E-state index in [1.165, 1.54) is 44.5 Å². The van der Waals surface area contributed by atoms with Crippen molar-refractivity contribution in [2.24, 2.45) is 11.8 Å². The van der Waals surface area contributed by atoms with Crippen molar-refractivity contribution in [1.82, 2.24) is 9.88 Å². The van der Waals surface area contributed by atoms with Gasteiger partial charge in [-0.2, -0.15) is 0 Å². The number of pyridine rings is 1. The van der Waals surface area contributed by atoms with E-state index in [2.05, 4.69) is 114 Å². The third-order valence-electron chi connectivity index (χ3n) is 9.37. The molecule has 3 aliphatic heterocycles. The number of para-hydroxylation sites is 1. The number of benzene rings is 4. The number of hydrogen-bond donors (Lipinski definition) is 0. The summed E-state index contributed by atoms with van der Waals surface area (Å²) < 4.78 is 7.24. The Balaban J connectivity index is 0.00000302. The predicted octanol–water partition coefficient (Wildman–Crippen LogP) is 8.87. The Morgan fingerprint density at radius 1 is 0.902 bits per heavy atom. The Labute approximate surface area is 253 Å². The average molecular weight is 606 g/mol. The highest BCUT2D eigenvalue weighted by Crippen LogP contribution is 2.44. The first-order valence-electron chi connectivity index (χ1n) is 14.6. The van der Waals surface area contributed by atoms with Gasteiger partial charge in [-0.25, -0.2) is 0 Å². The van der Waals surface area contributed by atoms with Crippen LogP contribution < -0.4 is 0 Å². The maximum absolute atomic E-state index is 7.24. The van der Waals surface area contributed by atoms with Crippen LogP contribution in [0.25, 0.3) is 32.4 Å². The largest absolute Gasteiger partial charge is 0.364 e. The maximum atomic E-state index is 7.24. The van der Waals surface area contributed by atoms with Gasteiger partial charge in [-0.05, 0) is 82.1 Å². The molecule has 5 aromatic rings. The van der Waals surface area contributed by atoms with Crippen molar-refractivity contribution in [3.8, 4) is 0 Å². The molecule has 6 atom stereocenters. The zero-order valence-corrected chi connectivity index (χ0v) is 25.1. The summed E-state index contributed by atoms with van der Waals surface area (Å²) >= 11 is 0. The summed E-state index contributed by atoms with van der Waals surface area (Å²) in [6.45, 7) is 10.6. The predicted molar refractivity (Wildman–Crippen MR) is 177 cm³/mol. The number of fused-ring (bicyclic) bond motifs is 6. The van der Waals surface area contributed by atoms with E-state index in [1.54, 1.807) is 0 Å². The number of ether oxygens (including phenoxy) is 1. The van der Waals surface area contributed by atoms with Crippen LogP contribution in [0.4, 0.5) is 0 Å². The molecule has 0 aliphatic carbocycles. The number of halogens is 1. The van der Waals surface area contributed by atoms with E-state index in [9.17, 15) is 0 Å². The Bertz CT molecular complexity index is 1650. The fourth-order valence-electron chi connectivity index (χ4n) is 7.33. The zero-order chi connectivity index (χ0) is 27.1. The van der Waals surface area contributed by atoms with Crippen LogP contribution in [0.2, 0.25) is 0 Å². The van der Waals surface area contributed by atoms with E-state index in [1.807, 2.05) is 12.3 Å². The Hall–Kier alpha value is -3.31. The van der Waals surface area contributed by atoms with Crippen molar-refractivity contribution >= 4 is 49.4 Å². The third-order valence-corrected chi connectivity index (χ3v) is 9.37. The Morgan fingerprint density at radius 3 is 2.24 bits per heavy atom. The highest BCUT2D eigenvalue weighted by atomic mass is 79.9. The van der Waals surface area contributed by atoms with Crippen molar-refractivity contribution in [1.29, 1.82) is 0 Å². The molecule has 4 unspecified atom stereocenters. The molecule has 3 aliphatic rings. The third kappa shape index (κ3) is 5.14. The Morgan fingerprint density at radius 2 is 1.59 bits per heavy atom. The van der Waals surface area contributed by atoms with Crippen molar-refractivity contribution in [2.45, 2.75) is 37.5 Å². The van der Waals surface area contributed by atoms with Gasteiger partial charge in [-0.3, -0.25) is 9.88 Å². The van der Waals surface area contributed by atoms with E-state index in [4.69, 9.17) is 4.74 Å². The van der Waals surface area contributed by atoms with Crippen LogP contribution in [0, 0.1) is 11.8 Å². The number of aromatic nitrogens is 1. The number of nitrogens with zero attached hydrogens (tertiary/aromatic N) is 2. The van der Waals surface area contributed by atoms with Crippen LogP contribution in [0.1, 0.15) is 30.1 Å². The van der Waals surface area contributed by atoms with Crippen LogP contribution in [-0.2, 0) is 11.2 Å².